The predicted octanol–water partition coefficient (Wildman–Crippen LogP) is 0.696. The van der Waals surface area contributed by atoms with Crippen LogP contribution < -0.4 is 5.32 Å². The van der Waals surface area contributed by atoms with Crippen molar-refractivity contribution < 1.29 is 14.7 Å². The SMILES string of the molecule is CC(=O)NC(CN(CC1CC1)C(C)C)C(=O)O. The molecule has 5 nitrogen and oxygen atoms in total. The number of rotatable bonds is 7. The van der Waals surface area contributed by atoms with Crippen molar-refractivity contribution in [3.8, 4) is 0 Å². The maximum Gasteiger partial charge on any atom is 0.327 e. The number of carbonyl (C=O) groups is 2. The van der Waals surface area contributed by atoms with Crippen LogP contribution in [0.4, 0.5) is 0 Å². The van der Waals surface area contributed by atoms with Crippen molar-refractivity contribution in [2.45, 2.75) is 45.7 Å². The second-order valence-corrected chi connectivity index (χ2v) is 5.08. The molecular weight excluding hydrogens is 220 g/mol. The number of aliphatic carboxylic acids is 1. The summed E-state index contributed by atoms with van der Waals surface area (Å²) in [5, 5.41) is 11.5. The van der Waals surface area contributed by atoms with Crippen LogP contribution in [-0.2, 0) is 9.59 Å². The third kappa shape index (κ3) is 5.17. The minimum Gasteiger partial charge on any atom is -0.480 e. The van der Waals surface area contributed by atoms with Crippen LogP contribution >= 0.6 is 0 Å². The van der Waals surface area contributed by atoms with Crippen LogP contribution in [0.1, 0.15) is 33.6 Å². The van der Waals surface area contributed by atoms with Gasteiger partial charge in [-0.05, 0) is 32.6 Å². The first kappa shape index (κ1) is 14.0. The summed E-state index contributed by atoms with van der Waals surface area (Å²) in [6.07, 6.45) is 2.47. The lowest BCUT2D eigenvalue weighted by atomic mass is 10.2. The van der Waals surface area contributed by atoms with Gasteiger partial charge in [-0.25, -0.2) is 4.79 Å². The molecule has 5 heteroatoms. The van der Waals surface area contributed by atoms with E-state index < -0.39 is 12.0 Å². The molecule has 0 aliphatic heterocycles. The van der Waals surface area contributed by atoms with Crippen LogP contribution in [0.5, 0.6) is 0 Å². The molecule has 0 bridgehead atoms. The highest BCUT2D eigenvalue weighted by atomic mass is 16.4. The number of nitrogens with zero attached hydrogens (tertiary/aromatic N) is 1. The number of nitrogens with one attached hydrogen (secondary N) is 1. The van der Waals surface area contributed by atoms with E-state index in [1.807, 2.05) is 0 Å². The second-order valence-electron chi connectivity index (χ2n) is 5.08. The summed E-state index contributed by atoms with van der Waals surface area (Å²) in [5.41, 5.74) is 0. The summed E-state index contributed by atoms with van der Waals surface area (Å²) in [7, 11) is 0. The summed E-state index contributed by atoms with van der Waals surface area (Å²) in [5.74, 6) is -0.557. The van der Waals surface area contributed by atoms with E-state index in [9.17, 15) is 9.59 Å². The van der Waals surface area contributed by atoms with Crippen molar-refractivity contribution >= 4 is 11.9 Å². The fourth-order valence-corrected chi connectivity index (χ4v) is 1.79. The predicted molar refractivity (Wildman–Crippen MR) is 64.7 cm³/mol. The highest BCUT2D eigenvalue weighted by Crippen LogP contribution is 2.30. The average molecular weight is 242 g/mol. The van der Waals surface area contributed by atoms with Crippen molar-refractivity contribution in [1.82, 2.24) is 10.2 Å². The van der Waals surface area contributed by atoms with Gasteiger partial charge in [-0.2, -0.15) is 0 Å². The molecule has 0 aromatic rings. The Balaban J connectivity index is 2.53. The molecular formula is C12H22N2O3. The van der Waals surface area contributed by atoms with Crippen molar-refractivity contribution in [2.24, 2.45) is 5.92 Å². The van der Waals surface area contributed by atoms with Gasteiger partial charge in [0.05, 0.1) is 0 Å². The lowest BCUT2D eigenvalue weighted by Crippen LogP contribution is -2.50. The molecule has 1 saturated carbocycles. The molecule has 1 amide bonds. The quantitative estimate of drug-likeness (QED) is 0.689. The maximum atomic E-state index is 11.1. The van der Waals surface area contributed by atoms with E-state index in [-0.39, 0.29) is 5.91 Å². The first-order valence-corrected chi connectivity index (χ1v) is 6.14. The number of carbonyl (C=O) groups excluding carboxylic acids is 1. The van der Waals surface area contributed by atoms with Crippen LogP contribution in [0.2, 0.25) is 0 Å². The van der Waals surface area contributed by atoms with E-state index in [0.717, 1.165) is 6.54 Å². The van der Waals surface area contributed by atoms with Crippen molar-refractivity contribution in [1.29, 1.82) is 0 Å². The smallest absolute Gasteiger partial charge is 0.327 e. The molecule has 0 aromatic carbocycles. The summed E-state index contributed by atoms with van der Waals surface area (Å²) in [6, 6.07) is -0.514. The second kappa shape index (κ2) is 6.00. The molecule has 1 rings (SSSR count). The molecule has 98 valence electrons. The molecule has 2 N–H and O–H groups in total. The molecule has 0 aromatic heterocycles. The Hall–Kier alpha value is -1.10. The van der Waals surface area contributed by atoms with Crippen molar-refractivity contribution in [3.05, 3.63) is 0 Å². The van der Waals surface area contributed by atoms with Gasteiger partial charge in [0.15, 0.2) is 0 Å². The number of carboxylic acid groups (broad SMARTS) is 1. The van der Waals surface area contributed by atoms with E-state index in [1.165, 1.54) is 19.8 Å². The maximum absolute atomic E-state index is 11.1. The van der Waals surface area contributed by atoms with Gasteiger partial charge >= 0.3 is 5.97 Å². The molecule has 1 aliphatic carbocycles. The van der Waals surface area contributed by atoms with E-state index in [0.29, 0.717) is 18.5 Å². The molecule has 1 aliphatic rings. The van der Waals surface area contributed by atoms with Gasteiger partial charge in [0.2, 0.25) is 5.91 Å². The van der Waals surface area contributed by atoms with Crippen LogP contribution in [0, 0.1) is 5.92 Å². The number of amides is 1. The average Bonchev–Trinajstić information content (AvgIpc) is 2.98. The Morgan fingerprint density at radius 2 is 2.00 bits per heavy atom. The monoisotopic (exact) mass is 242 g/mol. The first-order valence-electron chi connectivity index (χ1n) is 6.14. The summed E-state index contributed by atoms with van der Waals surface area (Å²) >= 11 is 0. The lowest BCUT2D eigenvalue weighted by molar-refractivity contribution is -0.142. The molecule has 0 radical (unpaired) electrons. The minimum absolute atomic E-state index is 0.297. The van der Waals surface area contributed by atoms with Gasteiger partial charge in [-0.15, -0.1) is 0 Å². The Bertz CT molecular complexity index is 287. The van der Waals surface area contributed by atoms with E-state index in [2.05, 4.69) is 24.1 Å². The third-order valence-corrected chi connectivity index (χ3v) is 3.01. The first-order chi connectivity index (χ1) is 7.90. The minimum atomic E-state index is -0.971. The van der Waals surface area contributed by atoms with Gasteiger partial charge in [0.25, 0.3) is 0 Å². The van der Waals surface area contributed by atoms with Crippen LogP contribution in [0.25, 0.3) is 0 Å². The fourth-order valence-electron chi connectivity index (χ4n) is 1.79. The third-order valence-electron chi connectivity index (χ3n) is 3.01. The molecule has 1 fully saturated rings. The highest BCUT2D eigenvalue weighted by Gasteiger charge is 2.29. The largest absolute Gasteiger partial charge is 0.480 e. The zero-order valence-electron chi connectivity index (χ0n) is 10.8. The van der Waals surface area contributed by atoms with Crippen LogP contribution in [0.3, 0.4) is 0 Å². The number of hydrogen-bond acceptors (Lipinski definition) is 3. The van der Waals surface area contributed by atoms with Crippen molar-refractivity contribution in [3.63, 3.8) is 0 Å². The number of hydrogen-bond donors (Lipinski definition) is 2. The van der Waals surface area contributed by atoms with Crippen LogP contribution in [0.15, 0.2) is 0 Å². The van der Waals surface area contributed by atoms with E-state index in [1.54, 1.807) is 0 Å². The zero-order valence-corrected chi connectivity index (χ0v) is 10.8. The number of carboxylic acids is 1. The van der Waals surface area contributed by atoms with E-state index >= 15 is 0 Å². The standard InChI is InChI=1S/C12H22N2O3/c1-8(2)14(6-10-4-5-10)7-11(12(16)17)13-9(3)15/h8,10-11H,4-7H2,1-3H3,(H,13,15)(H,16,17). The van der Waals surface area contributed by atoms with Crippen LogP contribution in [-0.4, -0.2) is 47.1 Å². The van der Waals surface area contributed by atoms with Gasteiger partial charge < -0.3 is 10.4 Å². The summed E-state index contributed by atoms with van der Waals surface area (Å²) in [4.78, 5) is 24.1. The normalized spacial score (nSPS) is 17.2. The molecule has 1 unspecified atom stereocenters. The fraction of sp³-hybridized carbons (Fsp3) is 0.833. The topological polar surface area (TPSA) is 69.6 Å². The van der Waals surface area contributed by atoms with Gasteiger partial charge in [0.1, 0.15) is 6.04 Å². The summed E-state index contributed by atoms with van der Waals surface area (Å²) < 4.78 is 0. The Labute approximate surface area is 102 Å². The van der Waals surface area contributed by atoms with Gasteiger partial charge in [0, 0.05) is 26.1 Å². The Morgan fingerprint density at radius 1 is 1.41 bits per heavy atom. The molecule has 0 spiro atoms. The highest BCUT2D eigenvalue weighted by molar-refractivity contribution is 5.82. The Morgan fingerprint density at radius 3 is 2.35 bits per heavy atom. The van der Waals surface area contributed by atoms with E-state index in [4.69, 9.17) is 5.11 Å². The molecule has 0 heterocycles. The molecule has 0 saturated heterocycles. The Kier molecular flexibility index (Phi) is 4.93. The van der Waals surface area contributed by atoms with Gasteiger partial charge in [-0.3, -0.25) is 9.69 Å². The molecule has 17 heavy (non-hydrogen) atoms. The lowest BCUT2D eigenvalue weighted by Gasteiger charge is -2.29. The van der Waals surface area contributed by atoms with Crippen molar-refractivity contribution in [2.75, 3.05) is 13.1 Å². The summed E-state index contributed by atoms with van der Waals surface area (Å²) in [6.45, 7) is 6.75. The molecule has 1 atom stereocenters. The zero-order chi connectivity index (χ0) is 13.0. The van der Waals surface area contributed by atoms with Gasteiger partial charge in [-0.1, -0.05) is 0 Å².